The van der Waals surface area contributed by atoms with Gasteiger partial charge in [-0.3, -0.25) is 4.90 Å². The molecule has 2 nitrogen and oxygen atoms in total. The predicted octanol–water partition coefficient (Wildman–Crippen LogP) is 2.90. The van der Waals surface area contributed by atoms with Crippen LogP contribution in [-0.4, -0.2) is 30.1 Å². The Kier molecular flexibility index (Phi) is 4.79. The van der Waals surface area contributed by atoms with Gasteiger partial charge in [0.1, 0.15) is 0 Å². The lowest BCUT2D eigenvalue weighted by Crippen LogP contribution is -2.56. The average Bonchev–Trinajstić information content (AvgIpc) is 2.34. The monoisotopic (exact) mass is 246 g/mol. The van der Waals surface area contributed by atoms with E-state index in [4.69, 9.17) is 0 Å². The van der Waals surface area contributed by atoms with E-state index in [-0.39, 0.29) is 0 Å². The quantitative estimate of drug-likeness (QED) is 0.879. The van der Waals surface area contributed by atoms with Crippen LogP contribution in [0, 0.1) is 5.92 Å². The van der Waals surface area contributed by atoms with Gasteiger partial charge in [-0.1, -0.05) is 44.2 Å². The molecule has 1 fully saturated rings. The van der Waals surface area contributed by atoms with Gasteiger partial charge in [0.25, 0.3) is 0 Å². The second-order valence-corrected chi connectivity index (χ2v) is 5.95. The lowest BCUT2D eigenvalue weighted by molar-refractivity contribution is 0.0842. The summed E-state index contributed by atoms with van der Waals surface area (Å²) in [6.45, 7) is 10.3. The summed E-state index contributed by atoms with van der Waals surface area (Å²) in [5, 5.41) is 3.56. The van der Waals surface area contributed by atoms with E-state index in [1.54, 1.807) is 0 Å². The van der Waals surface area contributed by atoms with Crippen molar-refractivity contribution in [3.8, 4) is 0 Å². The highest BCUT2D eigenvalue weighted by atomic mass is 15.2. The zero-order valence-corrected chi connectivity index (χ0v) is 11.9. The Morgan fingerprint density at radius 3 is 2.61 bits per heavy atom. The Labute approximate surface area is 111 Å². The molecule has 0 spiro atoms. The van der Waals surface area contributed by atoms with Gasteiger partial charge in [-0.2, -0.15) is 0 Å². The van der Waals surface area contributed by atoms with Crippen molar-refractivity contribution < 1.29 is 0 Å². The van der Waals surface area contributed by atoms with E-state index in [9.17, 15) is 0 Å². The molecule has 1 aromatic rings. The van der Waals surface area contributed by atoms with Crippen LogP contribution in [0.4, 0.5) is 0 Å². The van der Waals surface area contributed by atoms with Crippen molar-refractivity contribution in [2.75, 3.05) is 13.1 Å². The fourth-order valence-corrected chi connectivity index (χ4v) is 2.90. The molecule has 18 heavy (non-hydrogen) atoms. The number of nitrogens with one attached hydrogen (secondary N) is 1. The lowest BCUT2D eigenvalue weighted by Gasteiger charge is -2.42. The van der Waals surface area contributed by atoms with E-state index in [2.05, 4.69) is 61.3 Å². The van der Waals surface area contributed by atoms with E-state index in [0.717, 1.165) is 25.6 Å². The Balaban J connectivity index is 2.05. The molecule has 1 N–H and O–H groups in total. The van der Waals surface area contributed by atoms with Crippen molar-refractivity contribution in [3.63, 3.8) is 0 Å². The second kappa shape index (κ2) is 6.35. The minimum atomic E-state index is 0.628. The molecule has 2 atom stereocenters. The third-order valence-corrected chi connectivity index (χ3v) is 3.81. The number of piperazine rings is 1. The standard InChI is InChI=1S/C16H26N2/c1-13(2)9-16-11-17-10-14(3)18(16)12-15-7-5-4-6-8-15/h4-8,13-14,16-17H,9-12H2,1-3H3/t14?,16-/m1/s1. The van der Waals surface area contributed by atoms with Crippen molar-refractivity contribution >= 4 is 0 Å². The third-order valence-electron chi connectivity index (χ3n) is 3.81. The van der Waals surface area contributed by atoms with Crippen molar-refractivity contribution in [2.24, 2.45) is 5.92 Å². The summed E-state index contributed by atoms with van der Waals surface area (Å²) >= 11 is 0. The van der Waals surface area contributed by atoms with Gasteiger partial charge in [0.2, 0.25) is 0 Å². The van der Waals surface area contributed by atoms with E-state index in [1.807, 2.05) is 0 Å². The molecule has 1 aliphatic rings. The van der Waals surface area contributed by atoms with Crippen molar-refractivity contribution in [1.29, 1.82) is 0 Å². The maximum absolute atomic E-state index is 3.56. The molecule has 0 saturated carbocycles. The summed E-state index contributed by atoms with van der Waals surface area (Å²) in [7, 11) is 0. The van der Waals surface area contributed by atoms with E-state index in [0.29, 0.717) is 12.1 Å². The van der Waals surface area contributed by atoms with Crippen LogP contribution in [0.5, 0.6) is 0 Å². The summed E-state index contributed by atoms with van der Waals surface area (Å²) in [5.74, 6) is 0.764. The summed E-state index contributed by atoms with van der Waals surface area (Å²) in [5.41, 5.74) is 1.43. The first-order valence-electron chi connectivity index (χ1n) is 7.17. The highest BCUT2D eigenvalue weighted by molar-refractivity contribution is 5.15. The van der Waals surface area contributed by atoms with E-state index >= 15 is 0 Å². The van der Waals surface area contributed by atoms with Gasteiger partial charge in [0.05, 0.1) is 0 Å². The van der Waals surface area contributed by atoms with Crippen LogP contribution in [0.2, 0.25) is 0 Å². The fourth-order valence-electron chi connectivity index (χ4n) is 2.90. The van der Waals surface area contributed by atoms with Crippen LogP contribution in [-0.2, 0) is 6.54 Å². The maximum Gasteiger partial charge on any atom is 0.0240 e. The molecule has 1 unspecified atom stereocenters. The van der Waals surface area contributed by atoms with Crippen molar-refractivity contribution in [1.82, 2.24) is 10.2 Å². The Morgan fingerprint density at radius 1 is 1.22 bits per heavy atom. The second-order valence-electron chi connectivity index (χ2n) is 5.95. The van der Waals surface area contributed by atoms with Gasteiger partial charge in [-0.05, 0) is 24.8 Å². The molecule has 0 radical (unpaired) electrons. The molecular formula is C16H26N2. The molecule has 1 aromatic carbocycles. The van der Waals surface area contributed by atoms with E-state index < -0.39 is 0 Å². The van der Waals surface area contributed by atoms with Gasteiger partial charge in [0.15, 0.2) is 0 Å². The minimum Gasteiger partial charge on any atom is -0.314 e. The third kappa shape index (κ3) is 3.56. The Bertz CT molecular complexity index is 347. The Hall–Kier alpha value is -0.860. The number of rotatable bonds is 4. The Morgan fingerprint density at radius 2 is 1.94 bits per heavy atom. The number of hydrogen-bond donors (Lipinski definition) is 1. The zero-order valence-electron chi connectivity index (χ0n) is 11.9. The van der Waals surface area contributed by atoms with Gasteiger partial charge in [0, 0.05) is 31.7 Å². The van der Waals surface area contributed by atoms with Gasteiger partial charge < -0.3 is 5.32 Å². The molecule has 2 heteroatoms. The SMILES string of the molecule is CC(C)C[C@@H]1CNCC(C)N1Cc1ccccc1. The van der Waals surface area contributed by atoms with Gasteiger partial charge in [-0.15, -0.1) is 0 Å². The predicted molar refractivity (Wildman–Crippen MR) is 77.6 cm³/mol. The molecule has 100 valence electrons. The molecule has 0 aromatic heterocycles. The van der Waals surface area contributed by atoms with Gasteiger partial charge >= 0.3 is 0 Å². The summed E-state index contributed by atoms with van der Waals surface area (Å²) in [6, 6.07) is 12.1. The normalized spacial score (nSPS) is 25.6. The van der Waals surface area contributed by atoms with Crippen LogP contribution < -0.4 is 5.32 Å². The fraction of sp³-hybridized carbons (Fsp3) is 0.625. The van der Waals surface area contributed by atoms with Crippen LogP contribution in [0.1, 0.15) is 32.8 Å². The van der Waals surface area contributed by atoms with E-state index in [1.165, 1.54) is 12.0 Å². The highest BCUT2D eigenvalue weighted by Crippen LogP contribution is 2.20. The molecular weight excluding hydrogens is 220 g/mol. The first-order chi connectivity index (χ1) is 8.66. The van der Waals surface area contributed by atoms with Crippen molar-refractivity contribution in [2.45, 2.75) is 45.8 Å². The number of nitrogens with zero attached hydrogens (tertiary/aromatic N) is 1. The topological polar surface area (TPSA) is 15.3 Å². The summed E-state index contributed by atoms with van der Waals surface area (Å²) < 4.78 is 0. The number of benzene rings is 1. The largest absolute Gasteiger partial charge is 0.314 e. The molecule has 0 bridgehead atoms. The minimum absolute atomic E-state index is 0.628. The number of hydrogen-bond acceptors (Lipinski definition) is 2. The molecule has 1 aliphatic heterocycles. The maximum atomic E-state index is 3.56. The highest BCUT2D eigenvalue weighted by Gasteiger charge is 2.27. The van der Waals surface area contributed by atoms with Crippen molar-refractivity contribution in [3.05, 3.63) is 35.9 Å². The van der Waals surface area contributed by atoms with Crippen LogP contribution in [0.15, 0.2) is 30.3 Å². The molecule has 0 amide bonds. The van der Waals surface area contributed by atoms with Crippen LogP contribution >= 0.6 is 0 Å². The molecule has 2 rings (SSSR count). The molecule has 1 heterocycles. The first-order valence-corrected chi connectivity index (χ1v) is 7.17. The van der Waals surface area contributed by atoms with Gasteiger partial charge in [-0.25, -0.2) is 0 Å². The lowest BCUT2D eigenvalue weighted by atomic mass is 9.98. The molecule has 1 saturated heterocycles. The average molecular weight is 246 g/mol. The van der Waals surface area contributed by atoms with Crippen LogP contribution in [0.3, 0.4) is 0 Å². The summed E-state index contributed by atoms with van der Waals surface area (Å²) in [4.78, 5) is 2.67. The smallest absolute Gasteiger partial charge is 0.0240 e. The van der Waals surface area contributed by atoms with Crippen LogP contribution in [0.25, 0.3) is 0 Å². The first kappa shape index (κ1) is 13.6. The summed E-state index contributed by atoms with van der Waals surface area (Å²) in [6.07, 6.45) is 1.28. The zero-order chi connectivity index (χ0) is 13.0. The molecule has 0 aliphatic carbocycles.